The van der Waals surface area contributed by atoms with Crippen molar-refractivity contribution in [2.75, 3.05) is 6.61 Å². The van der Waals surface area contributed by atoms with Gasteiger partial charge in [0.25, 0.3) is 0 Å². The Morgan fingerprint density at radius 3 is 2.40 bits per heavy atom. The van der Waals surface area contributed by atoms with Gasteiger partial charge in [0.15, 0.2) is 0 Å². The smallest absolute Gasteiger partial charge is 0.123 e. The van der Waals surface area contributed by atoms with Crippen molar-refractivity contribution in [2.24, 2.45) is 5.73 Å². The zero-order valence-corrected chi connectivity index (χ0v) is 12.1. The Morgan fingerprint density at radius 2 is 1.75 bits per heavy atom. The molecule has 106 valence electrons. The van der Waals surface area contributed by atoms with Gasteiger partial charge in [-0.3, -0.25) is 0 Å². The second-order valence-corrected chi connectivity index (χ2v) is 4.66. The minimum atomic E-state index is 0.548. The summed E-state index contributed by atoms with van der Waals surface area (Å²) in [4.78, 5) is 0. The molecular formula is C17H21NO2. The predicted octanol–water partition coefficient (Wildman–Crippen LogP) is 3.43. The molecule has 0 fully saturated rings. The third-order valence-corrected chi connectivity index (χ3v) is 3.15. The Bertz CT molecular complexity index is 567. The fourth-order valence-corrected chi connectivity index (χ4v) is 2.03. The summed E-state index contributed by atoms with van der Waals surface area (Å²) in [6.45, 7) is 5.82. The molecule has 2 rings (SSSR count). The third-order valence-electron chi connectivity index (χ3n) is 3.15. The summed E-state index contributed by atoms with van der Waals surface area (Å²) in [5.74, 6) is 1.65. The normalized spacial score (nSPS) is 10.3. The van der Waals surface area contributed by atoms with Gasteiger partial charge >= 0.3 is 0 Å². The Labute approximate surface area is 120 Å². The molecule has 0 aliphatic rings. The zero-order valence-electron chi connectivity index (χ0n) is 12.1. The summed E-state index contributed by atoms with van der Waals surface area (Å²) in [7, 11) is 0. The van der Waals surface area contributed by atoms with Crippen LogP contribution in [0.3, 0.4) is 0 Å². The molecule has 3 heteroatoms. The average molecular weight is 271 g/mol. The highest BCUT2D eigenvalue weighted by atomic mass is 16.5. The Kier molecular flexibility index (Phi) is 5.02. The molecule has 0 aliphatic carbocycles. The number of benzene rings is 2. The highest BCUT2D eigenvalue weighted by Crippen LogP contribution is 2.21. The lowest BCUT2D eigenvalue weighted by molar-refractivity contribution is 0.299. The fraction of sp³-hybridized carbons (Fsp3) is 0.294. The van der Waals surface area contributed by atoms with Crippen molar-refractivity contribution in [3.8, 4) is 11.5 Å². The van der Waals surface area contributed by atoms with Gasteiger partial charge in [-0.15, -0.1) is 0 Å². The first kappa shape index (κ1) is 14.4. The molecule has 20 heavy (non-hydrogen) atoms. The largest absolute Gasteiger partial charge is 0.494 e. The number of rotatable bonds is 6. The van der Waals surface area contributed by atoms with Crippen LogP contribution in [0.15, 0.2) is 42.5 Å². The third kappa shape index (κ3) is 3.75. The van der Waals surface area contributed by atoms with Crippen molar-refractivity contribution in [2.45, 2.75) is 27.0 Å². The molecule has 0 atom stereocenters. The second kappa shape index (κ2) is 6.96. The van der Waals surface area contributed by atoms with Crippen molar-refractivity contribution < 1.29 is 9.47 Å². The van der Waals surface area contributed by atoms with E-state index in [-0.39, 0.29) is 0 Å². The van der Waals surface area contributed by atoms with Crippen LogP contribution >= 0.6 is 0 Å². The van der Waals surface area contributed by atoms with E-state index in [4.69, 9.17) is 15.2 Å². The molecule has 0 aliphatic heterocycles. The topological polar surface area (TPSA) is 44.5 Å². The summed E-state index contributed by atoms with van der Waals surface area (Å²) in [6.07, 6.45) is 0. The van der Waals surface area contributed by atoms with Gasteiger partial charge < -0.3 is 15.2 Å². The standard InChI is InChI=1S/C17H21NO2/c1-3-19-16-5-4-6-17(10-16)20-12-15-8-7-14(11-18)9-13(15)2/h4-10H,3,11-12,18H2,1-2H3. The molecule has 0 spiro atoms. The summed E-state index contributed by atoms with van der Waals surface area (Å²) in [5.41, 5.74) is 9.15. The summed E-state index contributed by atoms with van der Waals surface area (Å²) in [6, 6.07) is 13.9. The molecule has 2 aromatic rings. The molecule has 0 amide bonds. The van der Waals surface area contributed by atoms with Crippen molar-refractivity contribution in [1.82, 2.24) is 0 Å². The molecule has 0 heterocycles. The lowest BCUT2D eigenvalue weighted by atomic mass is 10.1. The molecule has 3 nitrogen and oxygen atoms in total. The van der Waals surface area contributed by atoms with Crippen LogP contribution in [0.25, 0.3) is 0 Å². The minimum Gasteiger partial charge on any atom is -0.494 e. The minimum absolute atomic E-state index is 0.548. The van der Waals surface area contributed by atoms with Crippen LogP contribution in [0.2, 0.25) is 0 Å². The monoisotopic (exact) mass is 271 g/mol. The summed E-state index contributed by atoms with van der Waals surface area (Å²) < 4.78 is 11.3. The van der Waals surface area contributed by atoms with Gasteiger partial charge in [-0.2, -0.15) is 0 Å². The first-order chi connectivity index (χ1) is 9.72. The molecule has 0 saturated heterocycles. The number of aryl methyl sites for hydroxylation is 1. The van der Waals surface area contributed by atoms with Gasteiger partial charge in [-0.1, -0.05) is 24.3 Å². The van der Waals surface area contributed by atoms with Gasteiger partial charge in [0, 0.05) is 12.6 Å². The lowest BCUT2D eigenvalue weighted by Gasteiger charge is -2.11. The highest BCUT2D eigenvalue weighted by Gasteiger charge is 2.02. The molecule has 0 saturated carbocycles. The van der Waals surface area contributed by atoms with E-state index in [1.807, 2.05) is 37.3 Å². The van der Waals surface area contributed by atoms with Crippen LogP contribution in [0.1, 0.15) is 23.6 Å². The van der Waals surface area contributed by atoms with Crippen molar-refractivity contribution in [3.05, 3.63) is 59.2 Å². The van der Waals surface area contributed by atoms with E-state index >= 15 is 0 Å². The Hall–Kier alpha value is -2.00. The molecular weight excluding hydrogens is 250 g/mol. The van der Waals surface area contributed by atoms with Crippen LogP contribution in [0, 0.1) is 6.92 Å². The van der Waals surface area contributed by atoms with Crippen molar-refractivity contribution in [1.29, 1.82) is 0 Å². The zero-order chi connectivity index (χ0) is 14.4. The van der Waals surface area contributed by atoms with E-state index in [9.17, 15) is 0 Å². The molecule has 0 unspecified atom stereocenters. The predicted molar refractivity (Wildman–Crippen MR) is 81.0 cm³/mol. The second-order valence-electron chi connectivity index (χ2n) is 4.66. The first-order valence-corrected chi connectivity index (χ1v) is 6.87. The van der Waals surface area contributed by atoms with Gasteiger partial charge in [-0.25, -0.2) is 0 Å². The van der Waals surface area contributed by atoms with Crippen LogP contribution < -0.4 is 15.2 Å². The van der Waals surface area contributed by atoms with E-state index < -0.39 is 0 Å². The van der Waals surface area contributed by atoms with E-state index in [1.165, 1.54) is 11.1 Å². The maximum absolute atomic E-state index is 5.82. The van der Waals surface area contributed by atoms with E-state index in [0.29, 0.717) is 19.8 Å². The maximum Gasteiger partial charge on any atom is 0.123 e. The lowest BCUT2D eigenvalue weighted by Crippen LogP contribution is -2.01. The van der Waals surface area contributed by atoms with E-state index in [2.05, 4.69) is 19.1 Å². The van der Waals surface area contributed by atoms with Gasteiger partial charge in [0.2, 0.25) is 0 Å². The molecule has 0 radical (unpaired) electrons. The Morgan fingerprint density at radius 1 is 1.00 bits per heavy atom. The maximum atomic E-state index is 5.82. The van der Waals surface area contributed by atoms with Crippen LogP contribution in [0.5, 0.6) is 11.5 Å². The van der Waals surface area contributed by atoms with Crippen LogP contribution in [0.4, 0.5) is 0 Å². The average Bonchev–Trinajstić information content (AvgIpc) is 2.46. The fourth-order valence-electron chi connectivity index (χ4n) is 2.03. The number of nitrogens with two attached hydrogens (primary N) is 1. The molecule has 2 N–H and O–H groups in total. The molecule has 0 bridgehead atoms. The summed E-state index contributed by atoms with van der Waals surface area (Å²) in [5, 5.41) is 0. The quantitative estimate of drug-likeness (QED) is 0.875. The van der Waals surface area contributed by atoms with E-state index in [1.54, 1.807) is 0 Å². The van der Waals surface area contributed by atoms with Crippen molar-refractivity contribution >= 4 is 0 Å². The number of ether oxygens (including phenoxy) is 2. The SMILES string of the molecule is CCOc1cccc(OCc2ccc(CN)cc2C)c1. The van der Waals surface area contributed by atoms with Crippen LogP contribution in [-0.2, 0) is 13.2 Å². The van der Waals surface area contributed by atoms with Crippen LogP contribution in [-0.4, -0.2) is 6.61 Å². The van der Waals surface area contributed by atoms with Gasteiger partial charge in [0.1, 0.15) is 18.1 Å². The van der Waals surface area contributed by atoms with Gasteiger partial charge in [-0.05, 0) is 42.7 Å². The van der Waals surface area contributed by atoms with Crippen molar-refractivity contribution in [3.63, 3.8) is 0 Å². The first-order valence-electron chi connectivity index (χ1n) is 6.87. The Balaban J connectivity index is 2.03. The van der Waals surface area contributed by atoms with E-state index in [0.717, 1.165) is 17.1 Å². The number of hydrogen-bond acceptors (Lipinski definition) is 3. The molecule has 2 aromatic carbocycles. The highest BCUT2D eigenvalue weighted by molar-refractivity contribution is 5.34. The number of hydrogen-bond donors (Lipinski definition) is 1. The molecule has 0 aromatic heterocycles. The summed E-state index contributed by atoms with van der Waals surface area (Å²) >= 11 is 0. The van der Waals surface area contributed by atoms with Gasteiger partial charge in [0.05, 0.1) is 6.61 Å².